The molecule has 0 fully saturated rings. The summed E-state index contributed by atoms with van der Waals surface area (Å²) < 4.78 is 4.89. The highest BCUT2D eigenvalue weighted by atomic mass is 16.3. The van der Waals surface area contributed by atoms with Crippen LogP contribution in [0, 0.1) is 23.7 Å². The first kappa shape index (κ1) is 12.9. The van der Waals surface area contributed by atoms with Crippen molar-refractivity contribution in [3.63, 3.8) is 0 Å². The second-order valence-electron chi connectivity index (χ2n) is 3.53. The van der Waals surface area contributed by atoms with E-state index in [1.165, 1.54) is 0 Å². The minimum absolute atomic E-state index is 0.0394. The largest absolute Gasteiger partial charge is 0.471 e. The standard InChI is InChI=1S/C15H14O2/c1-13(5-3-7-14(2)11-16)6-4-8-15-9-10-17-12-15/h6-7,9-10,12,16H,11H2,1-2H3/b13-6+,14-7-. The highest BCUT2D eigenvalue weighted by Gasteiger charge is 1.84. The van der Waals surface area contributed by atoms with Gasteiger partial charge in [-0.15, -0.1) is 0 Å². The Bertz CT molecular complexity index is 523. The Morgan fingerprint density at radius 1 is 1.35 bits per heavy atom. The lowest BCUT2D eigenvalue weighted by Crippen LogP contribution is -1.81. The van der Waals surface area contributed by atoms with Gasteiger partial charge in [0.1, 0.15) is 6.26 Å². The average molecular weight is 226 g/mol. The highest BCUT2D eigenvalue weighted by Crippen LogP contribution is 1.96. The summed E-state index contributed by atoms with van der Waals surface area (Å²) in [6.07, 6.45) is 6.63. The van der Waals surface area contributed by atoms with Crippen LogP contribution in [0.1, 0.15) is 19.4 Å². The molecule has 86 valence electrons. The molecule has 1 rings (SSSR count). The molecular weight excluding hydrogens is 212 g/mol. The zero-order chi connectivity index (χ0) is 12.5. The maximum absolute atomic E-state index is 8.77. The fraction of sp³-hybridized carbons (Fsp3) is 0.200. The van der Waals surface area contributed by atoms with Crippen molar-refractivity contribution in [3.8, 4) is 23.7 Å². The van der Waals surface area contributed by atoms with E-state index < -0.39 is 0 Å². The van der Waals surface area contributed by atoms with Crippen LogP contribution in [0.5, 0.6) is 0 Å². The molecule has 0 spiro atoms. The van der Waals surface area contributed by atoms with E-state index in [4.69, 9.17) is 9.52 Å². The molecule has 1 aromatic rings. The molecule has 0 atom stereocenters. The molecule has 17 heavy (non-hydrogen) atoms. The monoisotopic (exact) mass is 226 g/mol. The Morgan fingerprint density at radius 3 is 2.82 bits per heavy atom. The van der Waals surface area contributed by atoms with Crippen molar-refractivity contribution >= 4 is 0 Å². The first-order valence-electron chi connectivity index (χ1n) is 5.21. The number of aliphatic hydroxyl groups excluding tert-OH is 1. The Hall–Kier alpha value is -2.16. The van der Waals surface area contributed by atoms with Crippen LogP contribution >= 0.6 is 0 Å². The van der Waals surface area contributed by atoms with Crippen molar-refractivity contribution in [1.29, 1.82) is 0 Å². The molecular formula is C15H14O2. The van der Waals surface area contributed by atoms with Gasteiger partial charge in [0.15, 0.2) is 0 Å². The Labute approximate surface area is 102 Å². The molecule has 1 aromatic heterocycles. The van der Waals surface area contributed by atoms with Crippen molar-refractivity contribution in [2.24, 2.45) is 0 Å². The average Bonchev–Trinajstić information content (AvgIpc) is 2.82. The molecule has 2 nitrogen and oxygen atoms in total. The molecule has 0 unspecified atom stereocenters. The Morgan fingerprint density at radius 2 is 2.18 bits per heavy atom. The fourth-order valence-corrected chi connectivity index (χ4v) is 0.918. The molecule has 0 amide bonds. The van der Waals surface area contributed by atoms with Crippen LogP contribution in [0.3, 0.4) is 0 Å². The van der Waals surface area contributed by atoms with Crippen molar-refractivity contribution in [3.05, 3.63) is 47.5 Å². The molecule has 1 heterocycles. The predicted molar refractivity (Wildman–Crippen MR) is 68.0 cm³/mol. The number of furan rings is 1. The van der Waals surface area contributed by atoms with Gasteiger partial charge < -0.3 is 9.52 Å². The SMILES string of the molecule is C/C(=C/C#C/C(C)=C/C#Cc1ccoc1)CO. The number of hydrogen-bond acceptors (Lipinski definition) is 2. The quantitative estimate of drug-likeness (QED) is 0.746. The normalized spacial score (nSPS) is 11.2. The topological polar surface area (TPSA) is 33.4 Å². The molecule has 0 aliphatic carbocycles. The number of allylic oxidation sites excluding steroid dienone is 3. The number of hydrogen-bond donors (Lipinski definition) is 1. The van der Waals surface area contributed by atoms with E-state index in [1.54, 1.807) is 30.7 Å². The fourth-order valence-electron chi connectivity index (χ4n) is 0.918. The number of aliphatic hydroxyl groups is 1. The Balaban J connectivity index is 2.62. The lowest BCUT2D eigenvalue weighted by Gasteiger charge is -1.86. The van der Waals surface area contributed by atoms with E-state index in [2.05, 4.69) is 23.7 Å². The molecule has 0 aromatic carbocycles. The van der Waals surface area contributed by atoms with Gasteiger partial charge in [0, 0.05) is 5.57 Å². The van der Waals surface area contributed by atoms with Crippen molar-refractivity contribution in [2.75, 3.05) is 6.61 Å². The third-order valence-electron chi connectivity index (χ3n) is 1.86. The summed E-state index contributed by atoms with van der Waals surface area (Å²) in [6, 6.07) is 1.80. The molecule has 0 aliphatic heterocycles. The van der Waals surface area contributed by atoms with Gasteiger partial charge in [0.25, 0.3) is 0 Å². The molecule has 1 N–H and O–H groups in total. The Kier molecular flexibility index (Phi) is 5.44. The summed E-state index contributed by atoms with van der Waals surface area (Å²) in [5.41, 5.74) is 2.57. The van der Waals surface area contributed by atoms with Gasteiger partial charge in [-0.3, -0.25) is 0 Å². The van der Waals surface area contributed by atoms with Gasteiger partial charge in [-0.2, -0.15) is 0 Å². The number of rotatable bonds is 1. The second kappa shape index (κ2) is 7.17. The molecule has 0 bridgehead atoms. The van der Waals surface area contributed by atoms with E-state index >= 15 is 0 Å². The van der Waals surface area contributed by atoms with Crippen LogP contribution < -0.4 is 0 Å². The molecule has 0 saturated heterocycles. The van der Waals surface area contributed by atoms with Crippen molar-refractivity contribution in [1.82, 2.24) is 0 Å². The zero-order valence-corrected chi connectivity index (χ0v) is 9.95. The van der Waals surface area contributed by atoms with Crippen LogP contribution in [0.25, 0.3) is 0 Å². The summed E-state index contributed by atoms with van der Waals surface area (Å²) >= 11 is 0. The summed E-state index contributed by atoms with van der Waals surface area (Å²) in [5, 5.41) is 8.77. The molecule has 0 aliphatic rings. The summed E-state index contributed by atoms with van der Waals surface area (Å²) in [6.45, 7) is 3.75. The first-order chi connectivity index (χ1) is 8.22. The minimum Gasteiger partial charge on any atom is -0.471 e. The van der Waals surface area contributed by atoms with E-state index in [9.17, 15) is 0 Å². The van der Waals surface area contributed by atoms with E-state index in [1.807, 2.05) is 13.8 Å². The van der Waals surface area contributed by atoms with Crippen molar-refractivity contribution < 1.29 is 9.52 Å². The van der Waals surface area contributed by atoms with Crippen LogP contribution in [0.2, 0.25) is 0 Å². The van der Waals surface area contributed by atoms with Crippen molar-refractivity contribution in [2.45, 2.75) is 13.8 Å². The maximum atomic E-state index is 8.77. The summed E-state index contributed by atoms with van der Waals surface area (Å²) in [4.78, 5) is 0. The van der Waals surface area contributed by atoms with E-state index in [0.717, 1.165) is 16.7 Å². The lowest BCUT2D eigenvalue weighted by atomic mass is 10.2. The lowest BCUT2D eigenvalue weighted by molar-refractivity contribution is 0.331. The van der Waals surface area contributed by atoms with Gasteiger partial charge in [0.2, 0.25) is 0 Å². The molecule has 2 heteroatoms. The van der Waals surface area contributed by atoms with Crippen LogP contribution in [-0.2, 0) is 0 Å². The van der Waals surface area contributed by atoms with E-state index in [-0.39, 0.29) is 6.61 Å². The third-order valence-corrected chi connectivity index (χ3v) is 1.86. The second-order valence-corrected chi connectivity index (χ2v) is 3.53. The van der Waals surface area contributed by atoms with Crippen LogP contribution in [0.15, 0.2) is 46.3 Å². The van der Waals surface area contributed by atoms with Gasteiger partial charge in [-0.25, -0.2) is 0 Å². The first-order valence-corrected chi connectivity index (χ1v) is 5.21. The highest BCUT2D eigenvalue weighted by molar-refractivity contribution is 5.40. The zero-order valence-electron chi connectivity index (χ0n) is 9.95. The van der Waals surface area contributed by atoms with Gasteiger partial charge in [0.05, 0.1) is 18.4 Å². The van der Waals surface area contributed by atoms with E-state index in [0.29, 0.717) is 0 Å². The van der Waals surface area contributed by atoms with Gasteiger partial charge >= 0.3 is 0 Å². The summed E-state index contributed by atoms with van der Waals surface area (Å²) in [7, 11) is 0. The third kappa shape index (κ3) is 5.47. The maximum Gasteiger partial charge on any atom is 0.106 e. The predicted octanol–water partition coefficient (Wildman–Crippen LogP) is 2.52. The molecule has 0 saturated carbocycles. The minimum atomic E-state index is 0.0394. The smallest absolute Gasteiger partial charge is 0.106 e. The molecule has 0 radical (unpaired) electrons. The van der Waals surface area contributed by atoms with Gasteiger partial charge in [-0.05, 0) is 37.6 Å². The van der Waals surface area contributed by atoms with Crippen LogP contribution in [-0.4, -0.2) is 11.7 Å². The van der Waals surface area contributed by atoms with Crippen LogP contribution in [0.4, 0.5) is 0 Å². The van der Waals surface area contributed by atoms with Gasteiger partial charge in [-0.1, -0.05) is 23.7 Å². The summed E-state index contributed by atoms with van der Waals surface area (Å²) in [5.74, 6) is 11.6.